The molecule has 0 saturated heterocycles. The summed E-state index contributed by atoms with van der Waals surface area (Å²) in [6.07, 6.45) is 6.45. The number of hydrogen-bond acceptors (Lipinski definition) is 4. The van der Waals surface area contributed by atoms with Crippen LogP contribution in [-0.4, -0.2) is 24.2 Å². The summed E-state index contributed by atoms with van der Waals surface area (Å²) in [5, 5.41) is 0. The summed E-state index contributed by atoms with van der Waals surface area (Å²) in [5.41, 5.74) is 7.02. The minimum absolute atomic E-state index is 0.173. The van der Waals surface area contributed by atoms with Crippen molar-refractivity contribution in [1.82, 2.24) is 4.98 Å². The highest BCUT2D eigenvalue weighted by Gasteiger charge is 2.22. The van der Waals surface area contributed by atoms with E-state index in [2.05, 4.69) is 4.98 Å². The fourth-order valence-corrected chi connectivity index (χ4v) is 2.25. The smallest absolute Gasteiger partial charge is 0.218 e. The monoisotopic (exact) mass is 236 g/mol. The van der Waals surface area contributed by atoms with Crippen LogP contribution in [0.3, 0.4) is 0 Å². The van der Waals surface area contributed by atoms with Crippen LogP contribution >= 0.6 is 0 Å². The molecule has 1 aliphatic rings. The Morgan fingerprint density at radius 2 is 2.24 bits per heavy atom. The molecule has 2 N–H and O–H groups in total. The predicted octanol–water partition coefficient (Wildman–Crippen LogP) is 1.88. The number of ether oxygens (including phenoxy) is 2. The molecule has 0 bridgehead atoms. The molecule has 4 nitrogen and oxygen atoms in total. The van der Waals surface area contributed by atoms with E-state index in [-0.39, 0.29) is 12.1 Å². The zero-order valence-corrected chi connectivity index (χ0v) is 10.3. The Balaban J connectivity index is 1.92. The highest BCUT2D eigenvalue weighted by molar-refractivity contribution is 5.24. The maximum atomic E-state index is 6.04. The SMILES string of the molecule is COc1ncccc1COC1CCCCC1N. The zero-order valence-electron chi connectivity index (χ0n) is 10.3. The van der Waals surface area contributed by atoms with Crippen LogP contribution in [0.5, 0.6) is 5.88 Å². The molecular weight excluding hydrogens is 216 g/mol. The Morgan fingerprint density at radius 1 is 1.41 bits per heavy atom. The van der Waals surface area contributed by atoms with Crippen LogP contribution in [0.2, 0.25) is 0 Å². The number of rotatable bonds is 4. The quantitative estimate of drug-likeness (QED) is 0.867. The van der Waals surface area contributed by atoms with Gasteiger partial charge in [0.05, 0.1) is 19.8 Å². The first-order valence-electron chi connectivity index (χ1n) is 6.16. The molecule has 1 saturated carbocycles. The van der Waals surface area contributed by atoms with Crippen LogP contribution in [-0.2, 0) is 11.3 Å². The molecule has 2 unspecified atom stereocenters. The van der Waals surface area contributed by atoms with Gasteiger partial charge in [-0.25, -0.2) is 4.98 Å². The maximum absolute atomic E-state index is 6.04. The van der Waals surface area contributed by atoms with Crippen LogP contribution in [0, 0.1) is 0 Å². The molecule has 0 spiro atoms. The summed E-state index contributed by atoms with van der Waals surface area (Å²) in [4.78, 5) is 4.15. The molecule has 1 aliphatic carbocycles. The van der Waals surface area contributed by atoms with Crippen molar-refractivity contribution in [3.63, 3.8) is 0 Å². The first-order valence-corrected chi connectivity index (χ1v) is 6.16. The third-order valence-electron chi connectivity index (χ3n) is 3.25. The van der Waals surface area contributed by atoms with E-state index in [1.807, 2.05) is 12.1 Å². The van der Waals surface area contributed by atoms with Crippen molar-refractivity contribution < 1.29 is 9.47 Å². The lowest BCUT2D eigenvalue weighted by Crippen LogP contribution is -2.39. The van der Waals surface area contributed by atoms with Gasteiger partial charge in [0.2, 0.25) is 5.88 Å². The minimum Gasteiger partial charge on any atom is -0.481 e. The summed E-state index contributed by atoms with van der Waals surface area (Å²) in [5.74, 6) is 0.636. The second kappa shape index (κ2) is 5.98. The van der Waals surface area contributed by atoms with Crippen LogP contribution in [0.15, 0.2) is 18.3 Å². The summed E-state index contributed by atoms with van der Waals surface area (Å²) in [6, 6.07) is 4.04. The van der Waals surface area contributed by atoms with Gasteiger partial charge in [-0.15, -0.1) is 0 Å². The van der Waals surface area contributed by atoms with Gasteiger partial charge in [-0.1, -0.05) is 12.8 Å². The number of pyridine rings is 1. The predicted molar refractivity (Wildman–Crippen MR) is 65.8 cm³/mol. The third kappa shape index (κ3) is 3.17. The van der Waals surface area contributed by atoms with Crippen LogP contribution < -0.4 is 10.5 Å². The minimum atomic E-state index is 0.173. The second-order valence-corrected chi connectivity index (χ2v) is 4.47. The number of nitrogens with two attached hydrogens (primary N) is 1. The molecule has 1 aromatic rings. The van der Waals surface area contributed by atoms with Gasteiger partial charge in [0.1, 0.15) is 0 Å². The maximum Gasteiger partial charge on any atom is 0.218 e. The van der Waals surface area contributed by atoms with Crippen molar-refractivity contribution in [2.24, 2.45) is 5.73 Å². The number of methoxy groups -OCH3 is 1. The number of aromatic nitrogens is 1. The van der Waals surface area contributed by atoms with Gasteiger partial charge in [0, 0.05) is 17.8 Å². The highest BCUT2D eigenvalue weighted by Crippen LogP contribution is 2.22. The summed E-state index contributed by atoms with van der Waals surface area (Å²) in [7, 11) is 1.62. The van der Waals surface area contributed by atoms with Gasteiger partial charge in [0.15, 0.2) is 0 Å². The molecule has 2 atom stereocenters. The average Bonchev–Trinajstić information content (AvgIpc) is 2.38. The fraction of sp³-hybridized carbons (Fsp3) is 0.615. The highest BCUT2D eigenvalue weighted by atomic mass is 16.5. The zero-order chi connectivity index (χ0) is 12.1. The van der Waals surface area contributed by atoms with E-state index in [9.17, 15) is 0 Å². The Morgan fingerprint density at radius 3 is 3.00 bits per heavy atom. The van der Waals surface area contributed by atoms with Gasteiger partial charge in [0.25, 0.3) is 0 Å². The molecule has 2 rings (SSSR count). The molecule has 94 valence electrons. The van der Waals surface area contributed by atoms with Crippen molar-refractivity contribution in [2.45, 2.75) is 44.4 Å². The molecule has 0 amide bonds. The van der Waals surface area contributed by atoms with E-state index < -0.39 is 0 Å². The largest absolute Gasteiger partial charge is 0.481 e. The van der Waals surface area contributed by atoms with Crippen LogP contribution in [0.4, 0.5) is 0 Å². The summed E-state index contributed by atoms with van der Waals surface area (Å²) in [6.45, 7) is 0.523. The normalized spacial score (nSPS) is 24.6. The molecule has 4 heteroatoms. The van der Waals surface area contributed by atoms with Gasteiger partial charge in [-0.2, -0.15) is 0 Å². The Bertz CT molecular complexity index is 357. The lowest BCUT2D eigenvalue weighted by molar-refractivity contribution is 0.00312. The summed E-state index contributed by atoms with van der Waals surface area (Å²) >= 11 is 0. The van der Waals surface area contributed by atoms with E-state index in [0.717, 1.165) is 18.4 Å². The molecule has 1 heterocycles. The van der Waals surface area contributed by atoms with Crippen molar-refractivity contribution in [2.75, 3.05) is 7.11 Å². The van der Waals surface area contributed by atoms with E-state index in [0.29, 0.717) is 12.5 Å². The van der Waals surface area contributed by atoms with Crippen molar-refractivity contribution >= 4 is 0 Å². The topological polar surface area (TPSA) is 57.4 Å². The number of nitrogens with zero attached hydrogens (tertiary/aromatic N) is 1. The molecule has 0 aromatic carbocycles. The second-order valence-electron chi connectivity index (χ2n) is 4.47. The molecule has 1 aromatic heterocycles. The average molecular weight is 236 g/mol. The van der Waals surface area contributed by atoms with Gasteiger partial charge in [-0.3, -0.25) is 0 Å². The van der Waals surface area contributed by atoms with E-state index >= 15 is 0 Å². The van der Waals surface area contributed by atoms with Gasteiger partial charge >= 0.3 is 0 Å². The Kier molecular flexibility index (Phi) is 4.34. The van der Waals surface area contributed by atoms with E-state index in [1.54, 1.807) is 13.3 Å². The van der Waals surface area contributed by atoms with Gasteiger partial charge < -0.3 is 15.2 Å². The van der Waals surface area contributed by atoms with E-state index in [1.165, 1.54) is 12.8 Å². The van der Waals surface area contributed by atoms with E-state index in [4.69, 9.17) is 15.2 Å². The third-order valence-corrected chi connectivity index (χ3v) is 3.25. The lowest BCUT2D eigenvalue weighted by Gasteiger charge is -2.28. The first kappa shape index (κ1) is 12.3. The Hall–Kier alpha value is -1.13. The lowest BCUT2D eigenvalue weighted by atomic mass is 9.93. The molecule has 17 heavy (non-hydrogen) atoms. The molecule has 0 aliphatic heterocycles. The Labute approximate surface area is 102 Å². The van der Waals surface area contributed by atoms with Crippen LogP contribution in [0.1, 0.15) is 31.2 Å². The fourth-order valence-electron chi connectivity index (χ4n) is 2.25. The van der Waals surface area contributed by atoms with Crippen molar-refractivity contribution in [3.8, 4) is 5.88 Å². The van der Waals surface area contributed by atoms with Crippen molar-refractivity contribution in [3.05, 3.63) is 23.9 Å². The van der Waals surface area contributed by atoms with Gasteiger partial charge in [-0.05, 0) is 25.0 Å². The van der Waals surface area contributed by atoms with Crippen LogP contribution in [0.25, 0.3) is 0 Å². The number of hydrogen-bond donors (Lipinski definition) is 1. The molecular formula is C13H20N2O2. The van der Waals surface area contributed by atoms with Crippen molar-refractivity contribution in [1.29, 1.82) is 0 Å². The molecule has 1 fully saturated rings. The first-order chi connectivity index (χ1) is 8.31. The molecule has 0 radical (unpaired) electrons. The summed E-state index contributed by atoms with van der Waals surface area (Å²) < 4.78 is 11.1. The standard InChI is InChI=1S/C13H20N2O2/c1-16-13-10(5-4-8-15-13)9-17-12-7-3-2-6-11(12)14/h4-5,8,11-12H,2-3,6-7,9,14H2,1H3.